The van der Waals surface area contributed by atoms with E-state index < -0.39 is 0 Å². The van der Waals surface area contributed by atoms with Crippen molar-refractivity contribution in [2.45, 2.75) is 18.8 Å². The number of carbonyl (C=O) groups excluding carboxylic acids is 2. The van der Waals surface area contributed by atoms with Crippen molar-refractivity contribution in [3.63, 3.8) is 0 Å². The smallest absolute Gasteiger partial charge is 0.218 e. The number of hydrogen-bond donors (Lipinski definition) is 1. The second kappa shape index (κ2) is 3.25. The van der Waals surface area contributed by atoms with E-state index in [0.717, 1.165) is 11.1 Å². The third kappa shape index (κ3) is 1.41. The lowest BCUT2D eigenvalue weighted by Gasteiger charge is -2.06. The molecule has 3 nitrogen and oxygen atoms in total. The molecule has 0 aromatic heterocycles. The number of primary amides is 1. The lowest BCUT2D eigenvalue weighted by molar-refractivity contribution is -0.118. The van der Waals surface area contributed by atoms with Gasteiger partial charge in [-0.15, -0.1) is 0 Å². The Morgan fingerprint density at radius 3 is 2.86 bits per heavy atom. The van der Waals surface area contributed by atoms with Crippen LogP contribution in [0.5, 0.6) is 0 Å². The summed E-state index contributed by atoms with van der Waals surface area (Å²) < 4.78 is 0. The van der Waals surface area contributed by atoms with Gasteiger partial charge >= 0.3 is 0 Å². The van der Waals surface area contributed by atoms with E-state index >= 15 is 0 Å². The molecular formula is C11H11NO2. The van der Waals surface area contributed by atoms with Crippen LogP contribution >= 0.6 is 0 Å². The second-order valence-corrected chi connectivity index (χ2v) is 3.58. The quantitative estimate of drug-likeness (QED) is 0.760. The average Bonchev–Trinajstić information content (AvgIpc) is 2.44. The van der Waals surface area contributed by atoms with Gasteiger partial charge in [0, 0.05) is 24.3 Å². The molecule has 14 heavy (non-hydrogen) atoms. The third-order valence-electron chi connectivity index (χ3n) is 2.58. The molecule has 3 heteroatoms. The normalized spacial score (nSPS) is 19.4. The van der Waals surface area contributed by atoms with Crippen molar-refractivity contribution in [2.75, 3.05) is 0 Å². The van der Waals surface area contributed by atoms with Gasteiger partial charge in [0.25, 0.3) is 0 Å². The Morgan fingerprint density at radius 1 is 1.43 bits per heavy atom. The van der Waals surface area contributed by atoms with Gasteiger partial charge in [-0.25, -0.2) is 0 Å². The summed E-state index contributed by atoms with van der Waals surface area (Å²) in [7, 11) is 0. The van der Waals surface area contributed by atoms with Crippen LogP contribution in [0.25, 0.3) is 0 Å². The molecule has 1 unspecified atom stereocenters. The Labute approximate surface area is 81.9 Å². The lowest BCUT2D eigenvalue weighted by atomic mass is 9.98. The van der Waals surface area contributed by atoms with Gasteiger partial charge in [-0.05, 0) is 5.56 Å². The van der Waals surface area contributed by atoms with Crippen LogP contribution in [-0.2, 0) is 4.79 Å². The number of ketones is 1. The second-order valence-electron chi connectivity index (χ2n) is 3.58. The molecule has 0 saturated heterocycles. The molecule has 2 N–H and O–H groups in total. The predicted octanol–water partition coefficient (Wildman–Crippen LogP) is 1.23. The van der Waals surface area contributed by atoms with Crippen molar-refractivity contribution >= 4 is 11.7 Å². The van der Waals surface area contributed by atoms with Crippen molar-refractivity contribution in [3.05, 3.63) is 35.4 Å². The fourth-order valence-electron chi connectivity index (χ4n) is 1.98. The highest BCUT2D eigenvalue weighted by molar-refractivity contribution is 6.01. The summed E-state index contributed by atoms with van der Waals surface area (Å²) in [5.74, 6) is -0.234. The first-order valence-corrected chi connectivity index (χ1v) is 4.59. The summed E-state index contributed by atoms with van der Waals surface area (Å²) in [5.41, 5.74) is 6.84. The molecule has 2 rings (SSSR count). The zero-order valence-electron chi connectivity index (χ0n) is 7.69. The van der Waals surface area contributed by atoms with Gasteiger partial charge in [0.2, 0.25) is 5.91 Å². The van der Waals surface area contributed by atoms with Crippen LogP contribution in [0.2, 0.25) is 0 Å². The standard InChI is InChI=1S/C11H11NO2/c12-11(14)6-7-5-10(13)9-4-2-1-3-8(7)9/h1-4,7H,5-6H2,(H2,12,14). The molecule has 0 fully saturated rings. The highest BCUT2D eigenvalue weighted by Gasteiger charge is 2.29. The third-order valence-corrected chi connectivity index (χ3v) is 2.58. The topological polar surface area (TPSA) is 60.2 Å². The van der Waals surface area contributed by atoms with E-state index in [1.807, 2.05) is 18.2 Å². The van der Waals surface area contributed by atoms with E-state index in [4.69, 9.17) is 5.73 Å². The number of amides is 1. The number of fused-ring (bicyclic) bond motifs is 1. The van der Waals surface area contributed by atoms with Crippen LogP contribution in [0.3, 0.4) is 0 Å². The summed E-state index contributed by atoms with van der Waals surface area (Å²) >= 11 is 0. The number of hydrogen-bond acceptors (Lipinski definition) is 2. The average molecular weight is 189 g/mol. The van der Waals surface area contributed by atoms with E-state index in [1.54, 1.807) is 6.07 Å². The molecule has 1 aliphatic carbocycles. The van der Waals surface area contributed by atoms with E-state index in [0.29, 0.717) is 6.42 Å². The molecule has 0 heterocycles. The summed E-state index contributed by atoms with van der Waals surface area (Å²) in [6.07, 6.45) is 0.686. The van der Waals surface area contributed by atoms with Gasteiger partial charge < -0.3 is 5.73 Å². The van der Waals surface area contributed by atoms with E-state index in [9.17, 15) is 9.59 Å². The van der Waals surface area contributed by atoms with Crippen molar-refractivity contribution in [1.29, 1.82) is 0 Å². The fraction of sp³-hybridized carbons (Fsp3) is 0.273. The Kier molecular flexibility index (Phi) is 2.08. The summed E-state index contributed by atoms with van der Waals surface area (Å²) in [6, 6.07) is 7.42. The number of carbonyl (C=O) groups is 2. The molecule has 1 amide bonds. The van der Waals surface area contributed by atoms with Crippen molar-refractivity contribution in [1.82, 2.24) is 0 Å². The number of benzene rings is 1. The minimum atomic E-state index is -0.348. The van der Waals surface area contributed by atoms with Crippen LogP contribution in [0, 0.1) is 0 Å². The van der Waals surface area contributed by atoms with E-state index in [1.165, 1.54) is 0 Å². The first-order chi connectivity index (χ1) is 6.68. The zero-order valence-corrected chi connectivity index (χ0v) is 7.69. The van der Waals surface area contributed by atoms with Crippen LogP contribution in [0.1, 0.15) is 34.7 Å². The van der Waals surface area contributed by atoms with Crippen LogP contribution in [0.4, 0.5) is 0 Å². The molecule has 1 aliphatic rings. The maximum atomic E-state index is 11.5. The zero-order chi connectivity index (χ0) is 10.1. The first-order valence-electron chi connectivity index (χ1n) is 4.59. The highest BCUT2D eigenvalue weighted by atomic mass is 16.1. The van der Waals surface area contributed by atoms with Gasteiger partial charge in [-0.1, -0.05) is 24.3 Å². The Morgan fingerprint density at radius 2 is 2.14 bits per heavy atom. The van der Waals surface area contributed by atoms with Crippen LogP contribution in [0.15, 0.2) is 24.3 Å². The Bertz CT molecular complexity index is 396. The molecular weight excluding hydrogens is 178 g/mol. The maximum absolute atomic E-state index is 11.5. The summed E-state index contributed by atoms with van der Waals surface area (Å²) in [5, 5.41) is 0. The molecule has 72 valence electrons. The number of Topliss-reactive ketones (excluding diaryl/α,β-unsaturated/α-hetero) is 1. The molecule has 0 bridgehead atoms. The number of rotatable bonds is 2. The van der Waals surface area contributed by atoms with Crippen molar-refractivity contribution in [3.8, 4) is 0 Å². The van der Waals surface area contributed by atoms with Gasteiger partial charge in [-0.2, -0.15) is 0 Å². The van der Waals surface area contributed by atoms with Crippen molar-refractivity contribution < 1.29 is 9.59 Å². The van der Waals surface area contributed by atoms with Gasteiger partial charge in [0.15, 0.2) is 5.78 Å². The predicted molar refractivity (Wildman–Crippen MR) is 51.9 cm³/mol. The van der Waals surface area contributed by atoms with E-state index in [-0.39, 0.29) is 24.0 Å². The minimum Gasteiger partial charge on any atom is -0.370 e. The molecule has 0 saturated carbocycles. The molecule has 1 aromatic rings. The van der Waals surface area contributed by atoms with Crippen molar-refractivity contribution in [2.24, 2.45) is 5.73 Å². The maximum Gasteiger partial charge on any atom is 0.218 e. The minimum absolute atomic E-state index is 0.00352. The van der Waals surface area contributed by atoms with Gasteiger partial charge in [0.05, 0.1) is 0 Å². The van der Waals surface area contributed by atoms with Crippen LogP contribution in [-0.4, -0.2) is 11.7 Å². The SMILES string of the molecule is NC(=O)CC1CC(=O)c2ccccc21. The van der Waals surface area contributed by atoms with Gasteiger partial charge in [0.1, 0.15) is 0 Å². The summed E-state index contributed by atoms with van der Waals surface area (Å²) in [4.78, 5) is 22.3. The molecule has 0 aliphatic heterocycles. The van der Waals surface area contributed by atoms with Crippen LogP contribution < -0.4 is 5.73 Å². The molecule has 0 radical (unpaired) electrons. The highest BCUT2D eigenvalue weighted by Crippen LogP contribution is 2.34. The van der Waals surface area contributed by atoms with E-state index in [2.05, 4.69) is 0 Å². The van der Waals surface area contributed by atoms with Gasteiger partial charge in [-0.3, -0.25) is 9.59 Å². The number of nitrogens with two attached hydrogens (primary N) is 1. The monoisotopic (exact) mass is 189 g/mol. The largest absolute Gasteiger partial charge is 0.370 e. The molecule has 0 spiro atoms. The fourth-order valence-corrected chi connectivity index (χ4v) is 1.98. The molecule has 1 atom stereocenters. The Balaban J connectivity index is 2.34. The molecule has 1 aromatic carbocycles. The summed E-state index contributed by atoms with van der Waals surface area (Å²) in [6.45, 7) is 0. The first kappa shape index (κ1) is 8.94. The Hall–Kier alpha value is -1.64. The lowest BCUT2D eigenvalue weighted by Crippen LogP contribution is -2.14.